The summed E-state index contributed by atoms with van der Waals surface area (Å²) < 4.78 is 32.4. The van der Waals surface area contributed by atoms with Crippen molar-refractivity contribution in [2.75, 3.05) is 20.3 Å². The Morgan fingerprint density at radius 2 is 2.04 bits per heavy atom. The fraction of sp³-hybridized carbons (Fsp3) is 0.368. The molecule has 1 heterocycles. The van der Waals surface area contributed by atoms with Crippen LogP contribution >= 0.6 is 0 Å². The van der Waals surface area contributed by atoms with Crippen LogP contribution in [0.2, 0.25) is 0 Å². The van der Waals surface area contributed by atoms with Gasteiger partial charge in [0, 0.05) is 27.1 Å². The van der Waals surface area contributed by atoms with E-state index in [1.54, 1.807) is 46.9 Å². The molecule has 0 atom stereocenters. The van der Waals surface area contributed by atoms with Crippen LogP contribution in [0.5, 0.6) is 0 Å². The molecule has 0 aliphatic carbocycles. The largest absolute Gasteiger partial charge is 0.383 e. The molecule has 27 heavy (non-hydrogen) atoms. The molecule has 0 saturated carbocycles. The smallest absolute Gasteiger partial charge is 0.228 e. The lowest BCUT2D eigenvalue weighted by molar-refractivity contribution is -0.130. The van der Waals surface area contributed by atoms with Gasteiger partial charge in [0.15, 0.2) is 0 Å². The number of aromatic nitrogens is 2. The highest BCUT2D eigenvalue weighted by Crippen LogP contribution is 2.19. The lowest BCUT2D eigenvalue weighted by atomic mass is 10.2. The van der Waals surface area contributed by atoms with Gasteiger partial charge in [-0.05, 0) is 5.56 Å². The van der Waals surface area contributed by atoms with Crippen LogP contribution in [0.25, 0.3) is 0 Å². The van der Waals surface area contributed by atoms with E-state index in [9.17, 15) is 13.2 Å². The van der Waals surface area contributed by atoms with Gasteiger partial charge in [0.2, 0.25) is 20.9 Å². The summed E-state index contributed by atoms with van der Waals surface area (Å²) in [6, 6.07) is 8.96. The second kappa shape index (κ2) is 9.48. The van der Waals surface area contributed by atoms with E-state index in [0.29, 0.717) is 24.4 Å². The molecule has 0 N–H and O–H groups in total. The lowest BCUT2D eigenvalue weighted by Crippen LogP contribution is -2.32. The zero-order chi connectivity index (χ0) is 19.9. The Bertz CT molecular complexity index is 876. The number of rotatable bonds is 10. The van der Waals surface area contributed by atoms with Gasteiger partial charge >= 0.3 is 0 Å². The monoisotopic (exact) mass is 391 g/mol. The van der Waals surface area contributed by atoms with Crippen molar-refractivity contribution < 1.29 is 17.9 Å². The van der Waals surface area contributed by atoms with Crippen LogP contribution in [0, 0.1) is 0 Å². The average Bonchev–Trinajstić information content (AvgIpc) is 3.02. The zero-order valence-corrected chi connectivity index (χ0v) is 16.5. The number of allylic oxidation sites excluding steroid dienone is 1. The molecule has 0 radical (unpaired) electrons. The molecule has 0 aliphatic rings. The Labute approximate surface area is 160 Å². The molecule has 1 amide bonds. The van der Waals surface area contributed by atoms with Crippen LogP contribution in [-0.4, -0.2) is 49.0 Å². The van der Waals surface area contributed by atoms with Gasteiger partial charge < -0.3 is 14.2 Å². The quantitative estimate of drug-likeness (QED) is 0.579. The van der Waals surface area contributed by atoms with Gasteiger partial charge in [-0.25, -0.2) is 13.4 Å². The van der Waals surface area contributed by atoms with E-state index in [4.69, 9.17) is 4.74 Å². The normalized spacial score (nSPS) is 11.3. The number of ether oxygens (including phenoxy) is 1. The van der Waals surface area contributed by atoms with E-state index in [1.807, 2.05) is 6.07 Å². The van der Waals surface area contributed by atoms with E-state index < -0.39 is 9.84 Å². The van der Waals surface area contributed by atoms with Crippen molar-refractivity contribution in [2.24, 2.45) is 0 Å². The van der Waals surface area contributed by atoms with Gasteiger partial charge in [-0.2, -0.15) is 0 Å². The summed E-state index contributed by atoms with van der Waals surface area (Å²) in [7, 11) is -2.08. The maximum atomic E-state index is 12.9. The minimum atomic E-state index is -3.64. The molecule has 7 nitrogen and oxygen atoms in total. The van der Waals surface area contributed by atoms with E-state index in [1.165, 1.54) is 13.1 Å². The van der Waals surface area contributed by atoms with Crippen molar-refractivity contribution >= 4 is 15.7 Å². The molecule has 0 saturated heterocycles. The minimum absolute atomic E-state index is 0.0171. The number of imidazole rings is 1. The second-order valence-electron chi connectivity index (χ2n) is 6.11. The van der Waals surface area contributed by atoms with Gasteiger partial charge in [-0.3, -0.25) is 4.79 Å². The zero-order valence-electron chi connectivity index (χ0n) is 15.7. The third-order valence-electron chi connectivity index (χ3n) is 4.05. The number of amides is 1. The van der Waals surface area contributed by atoms with Crippen molar-refractivity contribution in [3.05, 3.63) is 60.4 Å². The molecule has 1 aromatic carbocycles. The summed E-state index contributed by atoms with van der Waals surface area (Å²) in [6.07, 6.45) is 3.12. The summed E-state index contributed by atoms with van der Waals surface area (Å²) in [5.74, 6) is -0.256. The van der Waals surface area contributed by atoms with Crippen LogP contribution < -0.4 is 0 Å². The highest BCUT2D eigenvalue weighted by Gasteiger charge is 2.24. The molecule has 0 unspecified atom stereocenters. The summed E-state index contributed by atoms with van der Waals surface area (Å²) >= 11 is 0. The molecule has 0 bridgehead atoms. The number of hydrogen-bond acceptors (Lipinski definition) is 5. The third-order valence-corrected chi connectivity index (χ3v) is 5.65. The Morgan fingerprint density at radius 1 is 1.33 bits per heavy atom. The average molecular weight is 391 g/mol. The van der Waals surface area contributed by atoms with E-state index in [2.05, 4.69) is 11.6 Å². The van der Waals surface area contributed by atoms with Gasteiger partial charge in [-0.15, -0.1) is 6.58 Å². The van der Waals surface area contributed by atoms with Crippen molar-refractivity contribution in [3.8, 4) is 0 Å². The molecular formula is C19H25N3O4S. The molecule has 0 aliphatic heterocycles. The highest BCUT2D eigenvalue weighted by atomic mass is 32.2. The molecule has 0 spiro atoms. The number of benzene rings is 1. The van der Waals surface area contributed by atoms with Crippen molar-refractivity contribution in [2.45, 2.75) is 30.9 Å². The Kier molecular flexibility index (Phi) is 7.32. The Morgan fingerprint density at radius 3 is 2.63 bits per heavy atom. The summed E-state index contributed by atoms with van der Waals surface area (Å²) in [4.78, 5) is 17.6. The van der Waals surface area contributed by atoms with Crippen molar-refractivity contribution in [1.82, 2.24) is 14.5 Å². The molecule has 2 aromatic rings. The fourth-order valence-corrected chi connectivity index (χ4v) is 4.20. The van der Waals surface area contributed by atoms with Crippen LogP contribution in [0.3, 0.4) is 0 Å². The van der Waals surface area contributed by atoms with E-state index in [0.717, 1.165) is 0 Å². The summed E-state index contributed by atoms with van der Waals surface area (Å²) in [5.41, 5.74) is 1.32. The molecule has 146 valence electrons. The van der Waals surface area contributed by atoms with Crippen LogP contribution in [0.1, 0.15) is 18.2 Å². The number of methoxy groups -OCH3 is 1. The predicted octanol–water partition coefficient (Wildman–Crippen LogP) is 2.04. The predicted molar refractivity (Wildman–Crippen MR) is 103 cm³/mol. The van der Waals surface area contributed by atoms with E-state index >= 15 is 0 Å². The standard InChI is InChI=1S/C19H25N3O4S/c1-4-10-22-18(14-21(16(2)23)11-12-26-3)13-20-19(22)27(24,25)15-17-8-6-5-7-9-17/h4-9,13H,1,10-12,14-15H2,2-3H3. The van der Waals surface area contributed by atoms with Gasteiger partial charge in [0.05, 0.1) is 30.8 Å². The first-order valence-electron chi connectivity index (χ1n) is 8.55. The molecule has 8 heteroatoms. The maximum Gasteiger partial charge on any atom is 0.228 e. The molecular weight excluding hydrogens is 366 g/mol. The first kappa shape index (κ1) is 20.9. The maximum absolute atomic E-state index is 12.9. The van der Waals surface area contributed by atoms with Crippen molar-refractivity contribution in [3.63, 3.8) is 0 Å². The first-order valence-corrected chi connectivity index (χ1v) is 10.2. The van der Waals surface area contributed by atoms with Crippen LogP contribution in [0.4, 0.5) is 0 Å². The number of carbonyl (C=O) groups is 1. The number of hydrogen-bond donors (Lipinski definition) is 0. The number of nitrogens with zero attached hydrogens (tertiary/aromatic N) is 3. The Hall–Kier alpha value is -2.45. The van der Waals surface area contributed by atoms with Crippen LogP contribution in [0.15, 0.2) is 54.3 Å². The second-order valence-corrected chi connectivity index (χ2v) is 7.99. The Balaban J connectivity index is 2.33. The van der Waals surface area contributed by atoms with Crippen LogP contribution in [-0.2, 0) is 38.2 Å². The first-order chi connectivity index (χ1) is 12.9. The molecule has 1 aromatic heterocycles. The van der Waals surface area contributed by atoms with Gasteiger partial charge in [-0.1, -0.05) is 36.4 Å². The van der Waals surface area contributed by atoms with Crippen molar-refractivity contribution in [1.29, 1.82) is 0 Å². The number of sulfone groups is 1. The minimum Gasteiger partial charge on any atom is -0.383 e. The highest BCUT2D eigenvalue weighted by molar-refractivity contribution is 7.90. The van der Waals surface area contributed by atoms with Gasteiger partial charge in [0.25, 0.3) is 0 Å². The molecule has 2 rings (SSSR count). The third kappa shape index (κ3) is 5.51. The SMILES string of the molecule is C=CCn1c(CN(CCOC)C(C)=O)cnc1S(=O)(=O)Cc1ccccc1. The topological polar surface area (TPSA) is 81.5 Å². The summed E-state index contributed by atoms with van der Waals surface area (Å²) in [6.45, 7) is 6.52. The van der Waals surface area contributed by atoms with E-state index in [-0.39, 0.29) is 29.9 Å². The fourth-order valence-electron chi connectivity index (χ4n) is 2.69. The summed E-state index contributed by atoms with van der Waals surface area (Å²) in [5, 5.41) is -0.0171. The molecule has 0 fully saturated rings. The van der Waals surface area contributed by atoms with Gasteiger partial charge in [0.1, 0.15) is 0 Å². The number of carbonyl (C=O) groups excluding carboxylic acids is 1. The lowest BCUT2D eigenvalue weighted by Gasteiger charge is -2.21.